The van der Waals surface area contributed by atoms with Crippen molar-refractivity contribution in [3.05, 3.63) is 23.3 Å². The van der Waals surface area contributed by atoms with Crippen LogP contribution in [-0.4, -0.2) is 22.4 Å². The molecule has 0 spiro atoms. The van der Waals surface area contributed by atoms with E-state index in [2.05, 4.69) is 9.72 Å². The number of halogens is 6. The van der Waals surface area contributed by atoms with E-state index in [0.29, 0.717) is 0 Å². The van der Waals surface area contributed by atoms with Crippen LogP contribution in [0.4, 0.5) is 26.3 Å². The van der Waals surface area contributed by atoms with Crippen molar-refractivity contribution in [1.29, 1.82) is 0 Å². The number of carboxylic acids is 1. The van der Waals surface area contributed by atoms with Gasteiger partial charge in [-0.2, -0.15) is 0 Å². The van der Waals surface area contributed by atoms with E-state index in [1.807, 2.05) is 0 Å². The van der Waals surface area contributed by atoms with Gasteiger partial charge in [-0.3, -0.25) is 9.78 Å². The summed E-state index contributed by atoms with van der Waals surface area (Å²) in [6.07, 6.45) is -9.90. The minimum atomic E-state index is -5.35. The maximum atomic E-state index is 13.1. The van der Waals surface area contributed by atoms with Gasteiger partial charge in [-0.05, 0) is 0 Å². The highest BCUT2D eigenvalue weighted by molar-refractivity contribution is 5.72. The van der Waals surface area contributed by atoms with Crippen molar-refractivity contribution in [2.24, 2.45) is 0 Å². The lowest BCUT2D eigenvalue weighted by Gasteiger charge is -2.15. The lowest BCUT2D eigenvalue weighted by Crippen LogP contribution is -2.21. The number of ether oxygens (including phenoxy) is 1. The van der Waals surface area contributed by atoms with Crippen LogP contribution in [0.1, 0.15) is 17.7 Å². The normalized spacial score (nSPS) is 11.7. The van der Waals surface area contributed by atoms with Crippen LogP contribution in [-0.2, 0) is 11.2 Å². The van der Waals surface area contributed by atoms with Crippen molar-refractivity contribution in [2.45, 2.75) is 19.2 Å². The van der Waals surface area contributed by atoms with Crippen LogP contribution in [0.5, 0.6) is 5.75 Å². The summed E-state index contributed by atoms with van der Waals surface area (Å²) < 4.78 is 77.5. The third-order valence-electron chi connectivity index (χ3n) is 1.87. The van der Waals surface area contributed by atoms with Gasteiger partial charge in [-0.1, -0.05) is 0 Å². The second-order valence-corrected chi connectivity index (χ2v) is 3.22. The highest BCUT2D eigenvalue weighted by Gasteiger charge is 2.35. The Morgan fingerprint density at radius 2 is 2.00 bits per heavy atom. The molecule has 4 nitrogen and oxygen atoms in total. The number of rotatable bonds is 4. The molecule has 0 bridgehead atoms. The third kappa shape index (κ3) is 4.00. The molecule has 19 heavy (non-hydrogen) atoms. The number of carbonyl (C=O) groups is 1. The fraction of sp³-hybridized carbons (Fsp3) is 0.333. The Bertz CT molecular complexity index is 488. The second kappa shape index (κ2) is 5.33. The molecule has 1 aromatic heterocycles. The molecule has 1 N–H and O–H groups in total. The number of aliphatic carboxylic acids is 1. The average molecular weight is 289 g/mol. The van der Waals surface area contributed by atoms with Crippen LogP contribution in [0.25, 0.3) is 0 Å². The summed E-state index contributed by atoms with van der Waals surface area (Å²) in [5, 5.41) is 8.45. The van der Waals surface area contributed by atoms with E-state index in [1.54, 1.807) is 0 Å². The lowest BCUT2D eigenvalue weighted by molar-refractivity contribution is -0.276. The van der Waals surface area contributed by atoms with Crippen LogP contribution in [0.2, 0.25) is 0 Å². The Labute approximate surface area is 101 Å². The Balaban J connectivity index is 3.39. The number of carboxylic acid groups (broad SMARTS) is 1. The van der Waals surface area contributed by atoms with Crippen molar-refractivity contribution in [3.8, 4) is 5.75 Å². The van der Waals surface area contributed by atoms with E-state index in [0.717, 1.165) is 0 Å². The first-order valence-corrected chi connectivity index (χ1v) is 4.54. The molecular formula is C9H5F6NO3. The second-order valence-electron chi connectivity index (χ2n) is 3.22. The first-order valence-electron chi connectivity index (χ1n) is 4.54. The Morgan fingerprint density at radius 3 is 2.42 bits per heavy atom. The smallest absolute Gasteiger partial charge is 0.481 e. The van der Waals surface area contributed by atoms with Gasteiger partial charge < -0.3 is 9.84 Å². The summed E-state index contributed by atoms with van der Waals surface area (Å²) in [6.45, 7) is 0. The number of hydrogen-bond donors (Lipinski definition) is 1. The van der Waals surface area contributed by atoms with E-state index in [-0.39, 0.29) is 6.20 Å². The largest absolute Gasteiger partial charge is 0.573 e. The molecule has 10 heteroatoms. The zero-order valence-electron chi connectivity index (χ0n) is 8.84. The van der Waals surface area contributed by atoms with E-state index < -0.39 is 48.0 Å². The summed E-state index contributed by atoms with van der Waals surface area (Å²) in [5.74, 6) is -5.03. The van der Waals surface area contributed by atoms with E-state index >= 15 is 0 Å². The van der Waals surface area contributed by atoms with Crippen molar-refractivity contribution < 1.29 is 41.0 Å². The quantitative estimate of drug-likeness (QED) is 0.866. The number of alkyl halides is 5. The Hall–Kier alpha value is -2.00. The summed E-state index contributed by atoms with van der Waals surface area (Å²) in [6, 6.07) is 0. The van der Waals surface area contributed by atoms with Crippen LogP contribution in [0, 0.1) is 5.82 Å². The van der Waals surface area contributed by atoms with Crippen LogP contribution in [0.3, 0.4) is 0 Å². The predicted octanol–water partition coefficient (Wildman–Crippen LogP) is 2.68. The fourth-order valence-corrected chi connectivity index (χ4v) is 1.26. The van der Waals surface area contributed by atoms with Crippen LogP contribution >= 0.6 is 0 Å². The lowest BCUT2D eigenvalue weighted by atomic mass is 10.1. The molecule has 0 fully saturated rings. The molecule has 0 aliphatic carbocycles. The highest BCUT2D eigenvalue weighted by atomic mass is 19.4. The molecule has 106 valence electrons. The van der Waals surface area contributed by atoms with Crippen molar-refractivity contribution in [1.82, 2.24) is 4.98 Å². The van der Waals surface area contributed by atoms with E-state index in [9.17, 15) is 31.1 Å². The predicted molar refractivity (Wildman–Crippen MR) is 47.2 cm³/mol. The first-order chi connectivity index (χ1) is 8.61. The Morgan fingerprint density at radius 1 is 1.42 bits per heavy atom. The van der Waals surface area contributed by atoms with Crippen molar-refractivity contribution in [3.63, 3.8) is 0 Å². The first kappa shape index (κ1) is 15.1. The summed E-state index contributed by atoms with van der Waals surface area (Å²) in [4.78, 5) is 13.3. The topological polar surface area (TPSA) is 59.4 Å². The van der Waals surface area contributed by atoms with E-state index in [4.69, 9.17) is 5.11 Å². The average Bonchev–Trinajstić information content (AvgIpc) is 2.20. The minimum Gasteiger partial charge on any atom is -0.481 e. The Kier molecular flexibility index (Phi) is 4.22. The van der Waals surface area contributed by atoms with Crippen molar-refractivity contribution >= 4 is 5.97 Å². The molecule has 1 rings (SSSR count). The molecule has 0 aliphatic heterocycles. The molecular weight excluding hydrogens is 284 g/mol. The zero-order chi connectivity index (χ0) is 14.8. The highest BCUT2D eigenvalue weighted by Crippen LogP contribution is 2.34. The molecule has 0 saturated heterocycles. The van der Waals surface area contributed by atoms with Gasteiger partial charge >= 0.3 is 12.3 Å². The van der Waals surface area contributed by atoms with Gasteiger partial charge in [0.15, 0.2) is 11.6 Å². The molecule has 0 amide bonds. The van der Waals surface area contributed by atoms with Gasteiger partial charge in [0.05, 0.1) is 12.6 Å². The van der Waals surface area contributed by atoms with Crippen LogP contribution in [0.15, 0.2) is 6.20 Å². The summed E-state index contributed by atoms with van der Waals surface area (Å²) in [7, 11) is 0. The molecule has 0 atom stereocenters. The van der Waals surface area contributed by atoms with Gasteiger partial charge in [0, 0.05) is 5.56 Å². The monoisotopic (exact) mass is 289 g/mol. The maximum Gasteiger partial charge on any atom is 0.573 e. The number of aromatic nitrogens is 1. The molecule has 1 heterocycles. The summed E-state index contributed by atoms with van der Waals surface area (Å²) >= 11 is 0. The van der Waals surface area contributed by atoms with Crippen LogP contribution < -0.4 is 4.74 Å². The molecule has 1 aromatic rings. The molecule has 0 radical (unpaired) electrons. The molecule has 0 saturated carbocycles. The van der Waals surface area contributed by atoms with Crippen molar-refractivity contribution in [2.75, 3.05) is 0 Å². The number of hydrogen-bond acceptors (Lipinski definition) is 3. The maximum absolute atomic E-state index is 13.1. The summed E-state index contributed by atoms with van der Waals surface area (Å²) in [5.41, 5.74) is -2.43. The van der Waals surface area contributed by atoms with E-state index in [1.165, 1.54) is 0 Å². The number of nitrogens with zero attached hydrogens (tertiary/aromatic N) is 1. The minimum absolute atomic E-state index is 0.105. The molecule has 0 unspecified atom stereocenters. The van der Waals surface area contributed by atoms with Gasteiger partial charge in [0.2, 0.25) is 0 Å². The SMILES string of the molecule is O=C(O)Cc1c(C(F)F)ncc(F)c1OC(F)(F)F. The van der Waals surface area contributed by atoms with Gasteiger partial charge in [-0.25, -0.2) is 13.2 Å². The van der Waals surface area contributed by atoms with Gasteiger partial charge in [0.1, 0.15) is 5.69 Å². The number of pyridine rings is 1. The third-order valence-corrected chi connectivity index (χ3v) is 1.87. The molecule has 0 aromatic carbocycles. The van der Waals surface area contributed by atoms with Gasteiger partial charge in [-0.15, -0.1) is 13.2 Å². The van der Waals surface area contributed by atoms with Gasteiger partial charge in [0.25, 0.3) is 6.43 Å². The fourth-order valence-electron chi connectivity index (χ4n) is 1.26. The zero-order valence-corrected chi connectivity index (χ0v) is 8.84. The standard InChI is InChI=1S/C9H5F6NO3/c10-4-2-16-6(8(11)12)3(1-5(17)18)7(4)19-9(13,14)15/h2,8H,1H2,(H,17,18). The molecule has 0 aliphatic rings.